The Morgan fingerprint density at radius 2 is 1.47 bits per heavy atom. The van der Waals surface area contributed by atoms with E-state index in [4.69, 9.17) is 0 Å². The lowest BCUT2D eigenvalue weighted by molar-refractivity contribution is -0.0624. The SMILES string of the molecule is O=S(=O)(C(c1ccc2ccccc2c1)S(=O)(=O)C12CC3CC(CC(F)(C3)C1)C2)C(F)(F)F. The molecule has 2 aromatic rings. The van der Waals surface area contributed by atoms with Crippen LogP contribution in [0.2, 0.25) is 0 Å². The zero-order valence-electron chi connectivity index (χ0n) is 17.0. The second-order valence-electron chi connectivity index (χ2n) is 9.77. The summed E-state index contributed by atoms with van der Waals surface area (Å²) in [5, 5.41) is 1.06. The molecule has 0 N–H and O–H groups in total. The van der Waals surface area contributed by atoms with E-state index in [0.29, 0.717) is 17.2 Å². The van der Waals surface area contributed by atoms with Crippen LogP contribution in [0.1, 0.15) is 48.7 Å². The Balaban J connectivity index is 1.72. The van der Waals surface area contributed by atoms with Crippen molar-refractivity contribution in [3.8, 4) is 0 Å². The van der Waals surface area contributed by atoms with E-state index in [-0.39, 0.29) is 37.5 Å². The first-order valence-electron chi connectivity index (χ1n) is 10.5. The minimum atomic E-state index is -6.14. The first-order valence-corrected chi connectivity index (χ1v) is 13.6. The quantitative estimate of drug-likeness (QED) is 0.549. The van der Waals surface area contributed by atoms with Crippen molar-refractivity contribution in [2.45, 2.75) is 59.0 Å². The van der Waals surface area contributed by atoms with Gasteiger partial charge in [0.1, 0.15) is 5.67 Å². The van der Waals surface area contributed by atoms with Crippen LogP contribution in [0.4, 0.5) is 17.6 Å². The maximum atomic E-state index is 15.4. The zero-order chi connectivity index (χ0) is 23.2. The monoisotopic (exact) mass is 490 g/mol. The van der Waals surface area contributed by atoms with Crippen LogP contribution in [0.25, 0.3) is 10.8 Å². The average molecular weight is 491 g/mol. The molecular formula is C22H22F4O4S2. The molecule has 6 rings (SSSR count). The first-order chi connectivity index (χ1) is 14.8. The molecular weight excluding hydrogens is 468 g/mol. The number of sulfone groups is 2. The predicted octanol–water partition coefficient (Wildman–Crippen LogP) is 5.25. The van der Waals surface area contributed by atoms with Gasteiger partial charge in [-0.3, -0.25) is 0 Å². The maximum Gasteiger partial charge on any atom is 0.499 e. The van der Waals surface area contributed by atoms with Gasteiger partial charge >= 0.3 is 5.51 Å². The van der Waals surface area contributed by atoms with Crippen LogP contribution in [-0.2, 0) is 19.7 Å². The molecule has 4 aliphatic carbocycles. The van der Waals surface area contributed by atoms with Gasteiger partial charge in [-0.1, -0.05) is 36.4 Å². The fourth-order valence-corrected chi connectivity index (χ4v) is 12.0. The van der Waals surface area contributed by atoms with Gasteiger partial charge in [-0.15, -0.1) is 0 Å². The molecule has 3 unspecified atom stereocenters. The molecule has 174 valence electrons. The van der Waals surface area contributed by atoms with Crippen LogP contribution in [0.15, 0.2) is 42.5 Å². The van der Waals surface area contributed by atoms with E-state index in [1.807, 2.05) is 0 Å². The average Bonchev–Trinajstić information content (AvgIpc) is 2.64. The minimum absolute atomic E-state index is 0.00889. The summed E-state index contributed by atoms with van der Waals surface area (Å²) in [4.78, 5) is 0. The summed E-state index contributed by atoms with van der Waals surface area (Å²) in [6, 6.07) is 10.3. The molecule has 0 radical (unpaired) electrons. The third-order valence-electron chi connectivity index (χ3n) is 7.47. The van der Waals surface area contributed by atoms with Crippen LogP contribution >= 0.6 is 0 Å². The normalized spacial score (nSPS) is 33.5. The highest BCUT2D eigenvalue weighted by molar-refractivity contribution is 8.09. The molecule has 0 aromatic heterocycles. The third-order valence-corrected chi connectivity index (χ3v) is 13.0. The van der Waals surface area contributed by atoms with Crippen LogP contribution < -0.4 is 0 Å². The fourth-order valence-electron chi connectivity index (χ4n) is 6.63. The molecule has 3 atom stereocenters. The summed E-state index contributed by atoms with van der Waals surface area (Å²) >= 11 is 0. The van der Waals surface area contributed by atoms with Crippen molar-refractivity contribution in [3.63, 3.8) is 0 Å². The third kappa shape index (κ3) is 3.12. The molecule has 4 fully saturated rings. The van der Waals surface area contributed by atoms with Crippen molar-refractivity contribution in [2.75, 3.05) is 0 Å². The van der Waals surface area contributed by atoms with Crippen LogP contribution in [-0.4, -0.2) is 32.8 Å². The van der Waals surface area contributed by atoms with Crippen molar-refractivity contribution in [1.82, 2.24) is 0 Å². The van der Waals surface area contributed by atoms with Gasteiger partial charge in [-0.25, -0.2) is 21.2 Å². The van der Waals surface area contributed by atoms with E-state index in [2.05, 4.69) is 0 Å². The lowest BCUT2D eigenvalue weighted by atomic mass is 9.54. The molecule has 10 heteroatoms. The largest absolute Gasteiger partial charge is 0.499 e. The predicted molar refractivity (Wildman–Crippen MR) is 112 cm³/mol. The van der Waals surface area contributed by atoms with Crippen molar-refractivity contribution >= 4 is 30.4 Å². The van der Waals surface area contributed by atoms with E-state index in [9.17, 15) is 30.0 Å². The summed E-state index contributed by atoms with van der Waals surface area (Å²) in [7, 11) is -11.1. The summed E-state index contributed by atoms with van der Waals surface area (Å²) in [5.41, 5.74) is -8.00. The van der Waals surface area contributed by atoms with E-state index in [0.717, 1.165) is 6.07 Å². The smallest absolute Gasteiger partial charge is 0.244 e. The number of alkyl halides is 4. The Kier molecular flexibility index (Phi) is 4.62. The lowest BCUT2D eigenvalue weighted by Crippen LogP contribution is -2.61. The second-order valence-corrected chi connectivity index (χ2v) is 14.5. The van der Waals surface area contributed by atoms with Gasteiger partial charge in [0.25, 0.3) is 9.84 Å². The summed E-state index contributed by atoms with van der Waals surface area (Å²) in [6.45, 7) is 0. The minimum Gasteiger partial charge on any atom is -0.244 e. The highest BCUT2D eigenvalue weighted by atomic mass is 32.3. The topological polar surface area (TPSA) is 68.3 Å². The van der Waals surface area contributed by atoms with Gasteiger partial charge in [0.2, 0.25) is 0 Å². The van der Waals surface area contributed by atoms with Gasteiger partial charge < -0.3 is 0 Å². The molecule has 0 heterocycles. The number of halogens is 4. The number of fused-ring (bicyclic) bond motifs is 1. The van der Waals surface area contributed by atoms with Crippen LogP contribution in [0, 0.1) is 11.8 Å². The van der Waals surface area contributed by atoms with Gasteiger partial charge in [0, 0.05) is 6.42 Å². The molecule has 0 aliphatic heterocycles. The summed E-state index contributed by atoms with van der Waals surface area (Å²) in [5.74, 6) is -0.524. The van der Waals surface area contributed by atoms with Crippen molar-refractivity contribution < 1.29 is 34.4 Å². The van der Waals surface area contributed by atoms with Crippen LogP contribution in [0.5, 0.6) is 0 Å². The zero-order valence-corrected chi connectivity index (χ0v) is 18.6. The highest BCUT2D eigenvalue weighted by Crippen LogP contribution is 2.63. The van der Waals surface area contributed by atoms with Gasteiger partial charge in [-0.2, -0.15) is 13.2 Å². The maximum absolute atomic E-state index is 15.4. The van der Waals surface area contributed by atoms with Gasteiger partial charge in [0.15, 0.2) is 14.4 Å². The Hall–Kier alpha value is -1.68. The molecule has 0 amide bonds. The van der Waals surface area contributed by atoms with Gasteiger partial charge in [-0.05, 0) is 66.3 Å². The first kappa shape index (κ1) is 22.1. The number of rotatable bonds is 4. The fraction of sp³-hybridized carbons (Fsp3) is 0.545. The lowest BCUT2D eigenvalue weighted by Gasteiger charge is -2.58. The van der Waals surface area contributed by atoms with Gasteiger partial charge in [0.05, 0.1) is 4.75 Å². The Bertz CT molecular complexity index is 1290. The molecule has 4 bridgehead atoms. The Morgan fingerprint density at radius 1 is 0.875 bits per heavy atom. The number of hydrogen-bond acceptors (Lipinski definition) is 4. The Morgan fingerprint density at radius 3 is 2.03 bits per heavy atom. The highest BCUT2D eigenvalue weighted by Gasteiger charge is 2.68. The van der Waals surface area contributed by atoms with E-state index in [1.165, 1.54) is 12.1 Å². The second kappa shape index (κ2) is 6.68. The molecule has 4 nitrogen and oxygen atoms in total. The summed E-state index contributed by atoms with van der Waals surface area (Å²) in [6.07, 6.45) is 0.590. The Labute approximate surface area is 183 Å². The number of hydrogen-bond donors (Lipinski definition) is 0. The van der Waals surface area contributed by atoms with E-state index < -0.39 is 52.2 Å². The van der Waals surface area contributed by atoms with Crippen molar-refractivity contribution in [3.05, 3.63) is 48.0 Å². The molecule has 2 aromatic carbocycles. The summed E-state index contributed by atoms with van der Waals surface area (Å²) < 4.78 is 105. The van der Waals surface area contributed by atoms with E-state index in [1.54, 1.807) is 24.3 Å². The standard InChI is InChI=1S/C22H22F4O4S2/c23-20-9-14-7-15(10-20)12-21(11-14,13-20)31(27,28)19(32(29,30)22(24,25)26)18-6-5-16-3-1-2-4-17(16)8-18/h1-6,8,14-15,19H,7,9-13H2. The molecule has 4 saturated carbocycles. The van der Waals surface area contributed by atoms with Crippen LogP contribution in [0.3, 0.4) is 0 Å². The molecule has 32 heavy (non-hydrogen) atoms. The molecule has 0 spiro atoms. The van der Waals surface area contributed by atoms with Crippen molar-refractivity contribution in [2.24, 2.45) is 11.8 Å². The molecule has 4 aliphatic rings. The van der Waals surface area contributed by atoms with E-state index >= 15 is 4.39 Å². The molecule has 0 saturated heterocycles. The number of benzene rings is 2. The van der Waals surface area contributed by atoms with Crippen molar-refractivity contribution in [1.29, 1.82) is 0 Å².